The molecule has 1 aliphatic carbocycles. The highest BCUT2D eigenvalue weighted by molar-refractivity contribution is 6.00. The number of hydrogen-bond donors (Lipinski definition) is 3. The zero-order valence-corrected chi connectivity index (χ0v) is 13.7. The molecule has 0 heterocycles. The Morgan fingerprint density at radius 1 is 1.17 bits per heavy atom. The second kappa shape index (κ2) is 6.93. The van der Waals surface area contributed by atoms with Crippen LogP contribution in [0, 0.1) is 0 Å². The van der Waals surface area contributed by atoms with Crippen LogP contribution >= 0.6 is 0 Å². The van der Waals surface area contributed by atoms with Crippen molar-refractivity contribution in [2.24, 2.45) is 0 Å². The minimum absolute atomic E-state index is 0.188. The molecule has 0 radical (unpaired) electrons. The minimum atomic E-state index is -0.728. The topological polar surface area (TPSA) is 70.6 Å². The number of carbonyl (C=O) groups excluding carboxylic acids is 1. The van der Waals surface area contributed by atoms with E-state index in [1.165, 1.54) is 0 Å². The molecule has 2 aromatic rings. The van der Waals surface area contributed by atoms with Crippen LogP contribution in [0.5, 0.6) is 5.75 Å². The van der Waals surface area contributed by atoms with Crippen LogP contribution in [0.3, 0.4) is 0 Å². The van der Waals surface area contributed by atoms with E-state index in [2.05, 4.69) is 10.6 Å². The molecule has 0 unspecified atom stereocenters. The fraction of sp³-hybridized carbons (Fsp3) is 0.316. The number of amides is 1. The van der Waals surface area contributed by atoms with Gasteiger partial charge in [-0.25, -0.2) is 0 Å². The van der Waals surface area contributed by atoms with E-state index in [-0.39, 0.29) is 5.91 Å². The van der Waals surface area contributed by atoms with E-state index in [9.17, 15) is 9.90 Å². The molecule has 24 heavy (non-hydrogen) atoms. The van der Waals surface area contributed by atoms with E-state index in [4.69, 9.17) is 4.74 Å². The molecule has 0 aliphatic heterocycles. The maximum absolute atomic E-state index is 12.5. The van der Waals surface area contributed by atoms with Crippen LogP contribution in [-0.2, 0) is 0 Å². The lowest BCUT2D eigenvalue weighted by Gasteiger charge is -2.36. The zero-order valence-electron chi connectivity index (χ0n) is 13.7. The Morgan fingerprint density at radius 3 is 2.50 bits per heavy atom. The number of carbonyl (C=O) groups is 1. The van der Waals surface area contributed by atoms with Crippen LogP contribution in [0.4, 0.5) is 11.4 Å². The van der Waals surface area contributed by atoms with Crippen molar-refractivity contribution in [2.75, 3.05) is 19.0 Å². The predicted molar refractivity (Wildman–Crippen MR) is 93.9 cm³/mol. The lowest BCUT2D eigenvalue weighted by Crippen LogP contribution is -2.47. The standard InChI is InChI=1S/C19H22N2O3/c1-24-15-9-7-14(8-10-15)21-17-6-3-2-5-16(17)18(22)20-13-19(23)11-4-12-19/h2-3,5-10,21,23H,4,11-13H2,1H3,(H,20,22). The second-order valence-corrected chi connectivity index (χ2v) is 6.16. The number of anilines is 2. The average Bonchev–Trinajstić information content (AvgIpc) is 2.59. The molecule has 0 aromatic heterocycles. The molecule has 3 N–H and O–H groups in total. The number of ether oxygens (including phenoxy) is 1. The summed E-state index contributed by atoms with van der Waals surface area (Å²) in [6.07, 6.45) is 2.51. The number of para-hydroxylation sites is 1. The highest BCUT2D eigenvalue weighted by Crippen LogP contribution is 2.31. The number of benzene rings is 2. The van der Waals surface area contributed by atoms with Crippen molar-refractivity contribution in [3.05, 3.63) is 54.1 Å². The molecule has 0 atom stereocenters. The molecule has 1 aliphatic rings. The number of methoxy groups -OCH3 is 1. The molecule has 1 amide bonds. The van der Waals surface area contributed by atoms with Crippen molar-refractivity contribution in [2.45, 2.75) is 24.9 Å². The van der Waals surface area contributed by atoms with Crippen molar-refractivity contribution < 1.29 is 14.6 Å². The molecule has 2 aromatic carbocycles. The summed E-state index contributed by atoms with van der Waals surface area (Å²) < 4.78 is 5.15. The highest BCUT2D eigenvalue weighted by atomic mass is 16.5. The van der Waals surface area contributed by atoms with Crippen LogP contribution in [0.15, 0.2) is 48.5 Å². The van der Waals surface area contributed by atoms with Gasteiger partial charge in [-0.15, -0.1) is 0 Å². The normalized spacial score (nSPS) is 15.2. The van der Waals surface area contributed by atoms with Crippen molar-refractivity contribution in [3.63, 3.8) is 0 Å². The third-order valence-corrected chi connectivity index (χ3v) is 4.40. The predicted octanol–water partition coefficient (Wildman–Crippen LogP) is 3.08. The minimum Gasteiger partial charge on any atom is -0.497 e. The van der Waals surface area contributed by atoms with E-state index >= 15 is 0 Å². The van der Waals surface area contributed by atoms with Gasteiger partial charge in [-0.05, 0) is 55.7 Å². The highest BCUT2D eigenvalue weighted by Gasteiger charge is 2.34. The first-order valence-corrected chi connectivity index (χ1v) is 8.10. The fourth-order valence-electron chi connectivity index (χ4n) is 2.72. The van der Waals surface area contributed by atoms with Gasteiger partial charge in [0, 0.05) is 12.2 Å². The summed E-state index contributed by atoms with van der Waals surface area (Å²) in [6.45, 7) is 0.294. The van der Waals surface area contributed by atoms with Gasteiger partial charge in [0.1, 0.15) is 5.75 Å². The summed E-state index contributed by atoms with van der Waals surface area (Å²) in [5, 5.41) is 16.2. The summed E-state index contributed by atoms with van der Waals surface area (Å²) in [7, 11) is 1.62. The molecule has 3 rings (SSSR count). The van der Waals surface area contributed by atoms with Gasteiger partial charge in [-0.2, -0.15) is 0 Å². The summed E-state index contributed by atoms with van der Waals surface area (Å²) >= 11 is 0. The Labute approximate surface area is 141 Å². The Balaban J connectivity index is 1.70. The largest absolute Gasteiger partial charge is 0.497 e. The van der Waals surface area contributed by atoms with Gasteiger partial charge < -0.3 is 20.5 Å². The smallest absolute Gasteiger partial charge is 0.253 e. The van der Waals surface area contributed by atoms with Gasteiger partial charge in [0.2, 0.25) is 0 Å². The summed E-state index contributed by atoms with van der Waals surface area (Å²) in [4.78, 5) is 12.5. The zero-order chi connectivity index (χ0) is 17.0. The lowest BCUT2D eigenvalue weighted by molar-refractivity contribution is -0.0300. The molecular weight excluding hydrogens is 304 g/mol. The first kappa shape index (κ1) is 16.3. The average molecular weight is 326 g/mol. The van der Waals surface area contributed by atoms with Gasteiger partial charge in [-0.1, -0.05) is 12.1 Å². The molecule has 5 heteroatoms. The van der Waals surface area contributed by atoms with Gasteiger partial charge >= 0.3 is 0 Å². The number of nitrogens with one attached hydrogen (secondary N) is 2. The van der Waals surface area contributed by atoms with Crippen molar-refractivity contribution >= 4 is 17.3 Å². The fourth-order valence-corrected chi connectivity index (χ4v) is 2.72. The summed E-state index contributed by atoms with van der Waals surface area (Å²) in [5.41, 5.74) is 1.42. The SMILES string of the molecule is COc1ccc(Nc2ccccc2C(=O)NCC2(O)CCC2)cc1. The van der Waals surface area contributed by atoms with E-state index in [1.807, 2.05) is 42.5 Å². The van der Waals surface area contributed by atoms with Crippen molar-refractivity contribution in [1.82, 2.24) is 5.32 Å². The number of aliphatic hydroxyl groups is 1. The molecule has 1 saturated carbocycles. The van der Waals surface area contributed by atoms with Crippen LogP contribution in [0.2, 0.25) is 0 Å². The molecule has 0 saturated heterocycles. The molecule has 5 nitrogen and oxygen atoms in total. The van der Waals surface area contributed by atoms with E-state index in [1.54, 1.807) is 13.2 Å². The van der Waals surface area contributed by atoms with E-state index in [0.29, 0.717) is 12.1 Å². The quantitative estimate of drug-likeness (QED) is 0.763. The maximum atomic E-state index is 12.5. The van der Waals surface area contributed by atoms with Gasteiger partial charge in [0.15, 0.2) is 0 Å². The summed E-state index contributed by atoms with van der Waals surface area (Å²) in [6, 6.07) is 14.8. The number of hydrogen-bond acceptors (Lipinski definition) is 4. The first-order valence-electron chi connectivity index (χ1n) is 8.10. The molecular formula is C19H22N2O3. The Morgan fingerprint density at radius 2 is 1.88 bits per heavy atom. The summed E-state index contributed by atoms with van der Waals surface area (Å²) in [5.74, 6) is 0.590. The third-order valence-electron chi connectivity index (χ3n) is 4.40. The molecule has 0 spiro atoms. The Kier molecular flexibility index (Phi) is 4.71. The Bertz CT molecular complexity index is 709. The van der Waals surface area contributed by atoms with Crippen LogP contribution in [0.25, 0.3) is 0 Å². The maximum Gasteiger partial charge on any atom is 0.253 e. The third kappa shape index (κ3) is 3.68. The molecule has 126 valence electrons. The van der Waals surface area contributed by atoms with Crippen LogP contribution in [0.1, 0.15) is 29.6 Å². The van der Waals surface area contributed by atoms with E-state index in [0.717, 1.165) is 36.4 Å². The van der Waals surface area contributed by atoms with Gasteiger partial charge in [0.05, 0.1) is 24.0 Å². The number of rotatable bonds is 6. The van der Waals surface area contributed by atoms with Gasteiger partial charge in [0.25, 0.3) is 5.91 Å². The van der Waals surface area contributed by atoms with E-state index < -0.39 is 5.60 Å². The van der Waals surface area contributed by atoms with Crippen LogP contribution < -0.4 is 15.4 Å². The second-order valence-electron chi connectivity index (χ2n) is 6.16. The van der Waals surface area contributed by atoms with Gasteiger partial charge in [-0.3, -0.25) is 4.79 Å². The van der Waals surface area contributed by atoms with Crippen molar-refractivity contribution in [1.29, 1.82) is 0 Å². The molecule has 0 bridgehead atoms. The Hall–Kier alpha value is -2.53. The molecule has 1 fully saturated rings. The monoisotopic (exact) mass is 326 g/mol. The lowest BCUT2D eigenvalue weighted by atomic mass is 9.80. The first-order chi connectivity index (χ1) is 11.6. The van der Waals surface area contributed by atoms with Crippen molar-refractivity contribution in [3.8, 4) is 5.75 Å². The van der Waals surface area contributed by atoms with Crippen LogP contribution in [-0.4, -0.2) is 30.3 Å².